The lowest BCUT2D eigenvalue weighted by atomic mass is 9.92. The van der Waals surface area contributed by atoms with Crippen molar-refractivity contribution in [2.24, 2.45) is 11.7 Å². The number of hydrogen-bond acceptors (Lipinski definition) is 3. The second-order valence-corrected chi connectivity index (χ2v) is 6.26. The van der Waals surface area contributed by atoms with Gasteiger partial charge in [0.05, 0.1) is 6.04 Å². The van der Waals surface area contributed by atoms with Gasteiger partial charge in [0.25, 0.3) is 0 Å². The molecule has 3 N–H and O–H groups in total. The molecule has 25 heavy (non-hydrogen) atoms. The average molecular weight is 361 g/mol. The molecule has 1 heterocycles. The Labute approximate surface area is 155 Å². The molecule has 0 aliphatic carbocycles. The first-order valence-corrected chi connectivity index (χ1v) is 8.49. The Hall–Kier alpha value is -1.88. The van der Waals surface area contributed by atoms with Crippen LogP contribution in [0.25, 0.3) is 11.1 Å². The van der Waals surface area contributed by atoms with Crippen LogP contribution in [-0.4, -0.2) is 25.2 Å². The van der Waals surface area contributed by atoms with Crippen molar-refractivity contribution < 1.29 is 9.53 Å². The molecule has 2 aromatic rings. The number of ether oxygens (including phenoxy) is 1. The summed E-state index contributed by atoms with van der Waals surface area (Å²) in [4.78, 5) is 12.2. The van der Waals surface area contributed by atoms with Gasteiger partial charge in [0.2, 0.25) is 5.91 Å². The molecule has 3 rings (SSSR count). The van der Waals surface area contributed by atoms with E-state index in [1.165, 1.54) is 11.1 Å². The molecule has 1 aliphatic rings. The molecule has 5 heteroatoms. The van der Waals surface area contributed by atoms with Crippen LogP contribution >= 0.6 is 12.4 Å². The Bertz CT molecular complexity index is 655. The Kier molecular flexibility index (Phi) is 7.44. The monoisotopic (exact) mass is 360 g/mol. The highest BCUT2D eigenvalue weighted by atomic mass is 35.5. The van der Waals surface area contributed by atoms with Crippen LogP contribution in [0.15, 0.2) is 54.6 Å². The van der Waals surface area contributed by atoms with E-state index in [4.69, 9.17) is 10.5 Å². The molecule has 1 amide bonds. The van der Waals surface area contributed by atoms with Crippen LogP contribution in [-0.2, 0) is 16.1 Å². The van der Waals surface area contributed by atoms with Gasteiger partial charge < -0.3 is 15.8 Å². The fourth-order valence-corrected chi connectivity index (χ4v) is 3.04. The van der Waals surface area contributed by atoms with E-state index in [9.17, 15) is 4.79 Å². The van der Waals surface area contributed by atoms with Crippen molar-refractivity contribution in [3.8, 4) is 11.1 Å². The van der Waals surface area contributed by atoms with Crippen LogP contribution in [0, 0.1) is 5.92 Å². The van der Waals surface area contributed by atoms with Crippen LogP contribution in [0.4, 0.5) is 0 Å². The van der Waals surface area contributed by atoms with Crippen LogP contribution < -0.4 is 11.1 Å². The van der Waals surface area contributed by atoms with E-state index in [0.29, 0.717) is 19.8 Å². The molecule has 1 atom stereocenters. The minimum Gasteiger partial charge on any atom is -0.381 e. The number of amides is 1. The normalized spacial score (nSPS) is 15.9. The Morgan fingerprint density at radius 1 is 1.04 bits per heavy atom. The number of benzene rings is 2. The van der Waals surface area contributed by atoms with Crippen LogP contribution in [0.3, 0.4) is 0 Å². The third kappa shape index (κ3) is 5.30. The first-order valence-electron chi connectivity index (χ1n) is 8.49. The molecule has 1 unspecified atom stereocenters. The van der Waals surface area contributed by atoms with Crippen LogP contribution in [0.5, 0.6) is 0 Å². The third-order valence-electron chi connectivity index (χ3n) is 4.60. The fraction of sp³-hybridized carbons (Fsp3) is 0.350. The molecule has 0 aromatic heterocycles. The zero-order chi connectivity index (χ0) is 16.8. The first-order chi connectivity index (χ1) is 11.7. The Morgan fingerprint density at radius 3 is 2.28 bits per heavy atom. The molecule has 1 aliphatic heterocycles. The van der Waals surface area contributed by atoms with Gasteiger partial charge >= 0.3 is 0 Å². The van der Waals surface area contributed by atoms with Crippen molar-refractivity contribution in [2.75, 3.05) is 13.2 Å². The summed E-state index contributed by atoms with van der Waals surface area (Å²) >= 11 is 0. The largest absolute Gasteiger partial charge is 0.381 e. The topological polar surface area (TPSA) is 64.4 Å². The third-order valence-corrected chi connectivity index (χ3v) is 4.60. The second kappa shape index (κ2) is 9.56. The molecule has 0 radical (unpaired) electrons. The lowest BCUT2D eigenvalue weighted by molar-refractivity contribution is -0.124. The van der Waals surface area contributed by atoms with Crippen molar-refractivity contribution in [1.29, 1.82) is 0 Å². The maximum atomic E-state index is 12.2. The summed E-state index contributed by atoms with van der Waals surface area (Å²) in [5.41, 5.74) is 9.52. The van der Waals surface area contributed by atoms with Gasteiger partial charge in [-0.15, -0.1) is 12.4 Å². The first kappa shape index (κ1) is 19.4. The highest BCUT2D eigenvalue weighted by Gasteiger charge is 2.26. The van der Waals surface area contributed by atoms with E-state index in [2.05, 4.69) is 29.6 Å². The van der Waals surface area contributed by atoms with E-state index in [-0.39, 0.29) is 24.2 Å². The van der Waals surface area contributed by atoms with Crippen molar-refractivity contribution >= 4 is 18.3 Å². The van der Waals surface area contributed by atoms with Crippen molar-refractivity contribution in [3.63, 3.8) is 0 Å². The average Bonchev–Trinajstić information content (AvgIpc) is 2.67. The summed E-state index contributed by atoms with van der Waals surface area (Å²) in [6.45, 7) is 1.91. The number of halogens is 1. The quantitative estimate of drug-likeness (QED) is 0.860. The van der Waals surface area contributed by atoms with Gasteiger partial charge in [0.15, 0.2) is 0 Å². The van der Waals surface area contributed by atoms with Gasteiger partial charge in [0.1, 0.15) is 0 Å². The maximum absolute atomic E-state index is 12.2. The van der Waals surface area contributed by atoms with Crippen LogP contribution in [0.2, 0.25) is 0 Å². The molecular weight excluding hydrogens is 336 g/mol. The minimum atomic E-state index is -0.447. The molecule has 1 fully saturated rings. The standard InChI is InChI=1S/C20H24N2O2.ClH/c21-19(18-10-12-24-13-11-18)20(23)22-14-15-6-8-17(9-7-15)16-4-2-1-3-5-16;/h1-9,18-19H,10-14,21H2,(H,22,23);1H. The number of hydrogen-bond donors (Lipinski definition) is 2. The molecule has 0 spiro atoms. The molecule has 0 saturated carbocycles. The number of nitrogens with two attached hydrogens (primary N) is 1. The molecule has 0 bridgehead atoms. The van der Waals surface area contributed by atoms with Gasteiger partial charge in [-0.25, -0.2) is 0 Å². The Balaban J connectivity index is 0.00000225. The number of carbonyl (C=O) groups is 1. The molecule has 4 nitrogen and oxygen atoms in total. The van der Waals surface area contributed by atoms with Gasteiger partial charge in [-0.2, -0.15) is 0 Å². The van der Waals surface area contributed by atoms with Gasteiger partial charge in [-0.05, 0) is 35.4 Å². The lowest BCUT2D eigenvalue weighted by Crippen LogP contribution is -2.46. The SMILES string of the molecule is Cl.NC(C(=O)NCc1ccc(-c2ccccc2)cc1)C1CCOCC1. The molecule has 134 valence electrons. The van der Waals surface area contributed by atoms with E-state index in [1.807, 2.05) is 30.3 Å². The summed E-state index contributed by atoms with van der Waals surface area (Å²) in [5, 5.41) is 2.95. The number of carbonyl (C=O) groups excluding carboxylic acids is 1. The van der Waals surface area contributed by atoms with Gasteiger partial charge in [-0.1, -0.05) is 54.6 Å². The maximum Gasteiger partial charge on any atom is 0.237 e. The lowest BCUT2D eigenvalue weighted by Gasteiger charge is -2.26. The predicted molar refractivity (Wildman–Crippen MR) is 102 cm³/mol. The minimum absolute atomic E-state index is 0. The highest BCUT2D eigenvalue weighted by molar-refractivity contribution is 5.85. The molecule has 1 saturated heterocycles. The predicted octanol–water partition coefficient (Wildman–Crippen LogP) is 3.15. The van der Waals surface area contributed by atoms with Crippen LogP contribution in [0.1, 0.15) is 18.4 Å². The summed E-state index contributed by atoms with van der Waals surface area (Å²) in [5.74, 6) is 0.147. The van der Waals surface area contributed by atoms with Gasteiger partial charge in [0, 0.05) is 19.8 Å². The molecular formula is C20H25ClN2O2. The molecule has 2 aromatic carbocycles. The summed E-state index contributed by atoms with van der Waals surface area (Å²) in [7, 11) is 0. The van der Waals surface area contributed by atoms with Crippen molar-refractivity contribution in [1.82, 2.24) is 5.32 Å². The number of rotatable bonds is 5. The summed E-state index contributed by atoms with van der Waals surface area (Å²) in [6, 6.07) is 18.0. The van der Waals surface area contributed by atoms with Crippen molar-refractivity contribution in [2.45, 2.75) is 25.4 Å². The van der Waals surface area contributed by atoms with Crippen molar-refractivity contribution in [3.05, 3.63) is 60.2 Å². The highest BCUT2D eigenvalue weighted by Crippen LogP contribution is 2.20. The van der Waals surface area contributed by atoms with E-state index in [0.717, 1.165) is 18.4 Å². The summed E-state index contributed by atoms with van der Waals surface area (Å²) in [6.07, 6.45) is 1.72. The Morgan fingerprint density at radius 2 is 1.64 bits per heavy atom. The van der Waals surface area contributed by atoms with E-state index >= 15 is 0 Å². The smallest absolute Gasteiger partial charge is 0.237 e. The zero-order valence-corrected chi connectivity index (χ0v) is 15.0. The fourth-order valence-electron chi connectivity index (χ4n) is 3.04. The van der Waals surface area contributed by atoms with E-state index in [1.54, 1.807) is 0 Å². The second-order valence-electron chi connectivity index (χ2n) is 6.26. The zero-order valence-electron chi connectivity index (χ0n) is 14.2. The summed E-state index contributed by atoms with van der Waals surface area (Å²) < 4.78 is 5.32. The number of nitrogens with one attached hydrogen (secondary N) is 1. The van der Waals surface area contributed by atoms with Gasteiger partial charge in [-0.3, -0.25) is 4.79 Å². The van der Waals surface area contributed by atoms with E-state index < -0.39 is 6.04 Å².